The summed E-state index contributed by atoms with van der Waals surface area (Å²) in [4.78, 5) is 19.4. The van der Waals surface area contributed by atoms with E-state index in [4.69, 9.17) is 11.6 Å². The number of amides is 1. The van der Waals surface area contributed by atoms with Gasteiger partial charge in [0.2, 0.25) is 0 Å². The van der Waals surface area contributed by atoms with E-state index in [1.165, 1.54) is 16.8 Å². The summed E-state index contributed by atoms with van der Waals surface area (Å²) in [7, 11) is 0. The van der Waals surface area contributed by atoms with Gasteiger partial charge in [0.05, 0.1) is 16.2 Å². The molecule has 1 aromatic carbocycles. The molecule has 0 bridgehead atoms. The van der Waals surface area contributed by atoms with Crippen LogP contribution in [0.3, 0.4) is 0 Å². The van der Waals surface area contributed by atoms with E-state index in [0.29, 0.717) is 12.2 Å². The number of fused-ring (bicyclic) bond motifs is 1. The standard InChI is InChI=1S/C21H18ClFN6O/c22-16-4-3-15(12-17(16)23)29-10-6-18(26-29)21(30)25-14-5-9-28(13-14)20-19-2-1-8-27(19)11-7-24-20/h1-4,6-8,10-12,14H,5,9,13H2,(H,25,30). The lowest BCUT2D eigenvalue weighted by Gasteiger charge is -2.18. The quantitative estimate of drug-likeness (QED) is 0.545. The van der Waals surface area contributed by atoms with Crippen LogP contribution in [0.1, 0.15) is 16.9 Å². The van der Waals surface area contributed by atoms with Gasteiger partial charge in [-0.15, -0.1) is 0 Å². The minimum absolute atomic E-state index is 0.00681. The topological polar surface area (TPSA) is 67.5 Å². The van der Waals surface area contributed by atoms with Crippen molar-refractivity contribution in [2.45, 2.75) is 12.5 Å². The summed E-state index contributed by atoms with van der Waals surface area (Å²) in [5.74, 6) is 0.116. The molecular weight excluding hydrogens is 407 g/mol. The monoisotopic (exact) mass is 424 g/mol. The summed E-state index contributed by atoms with van der Waals surface area (Å²) in [6.45, 7) is 1.48. The Hall–Kier alpha value is -3.39. The number of halogens is 2. The van der Waals surface area contributed by atoms with E-state index in [2.05, 4.69) is 20.3 Å². The highest BCUT2D eigenvalue weighted by Gasteiger charge is 2.27. The second kappa shape index (κ2) is 7.46. The Morgan fingerprint density at radius 3 is 2.97 bits per heavy atom. The number of carbonyl (C=O) groups is 1. The number of rotatable bonds is 4. The van der Waals surface area contributed by atoms with Gasteiger partial charge in [-0.1, -0.05) is 11.6 Å². The molecule has 30 heavy (non-hydrogen) atoms. The molecule has 1 N–H and O–H groups in total. The van der Waals surface area contributed by atoms with Crippen LogP contribution >= 0.6 is 11.6 Å². The van der Waals surface area contributed by atoms with E-state index in [-0.39, 0.29) is 22.7 Å². The largest absolute Gasteiger partial charge is 0.353 e. The zero-order valence-corrected chi connectivity index (χ0v) is 16.6. The molecule has 1 unspecified atom stereocenters. The molecule has 0 aliphatic carbocycles. The molecule has 0 radical (unpaired) electrons. The Balaban J connectivity index is 1.27. The second-order valence-electron chi connectivity index (χ2n) is 7.20. The number of nitrogens with one attached hydrogen (secondary N) is 1. The Kier molecular flexibility index (Phi) is 4.63. The predicted octanol–water partition coefficient (Wildman–Crippen LogP) is 3.32. The highest BCUT2D eigenvalue weighted by molar-refractivity contribution is 6.30. The molecule has 0 saturated carbocycles. The van der Waals surface area contributed by atoms with E-state index < -0.39 is 5.82 Å². The lowest BCUT2D eigenvalue weighted by molar-refractivity contribution is 0.0935. The van der Waals surface area contributed by atoms with E-state index in [1.54, 1.807) is 24.5 Å². The molecule has 3 aromatic heterocycles. The molecule has 1 amide bonds. The van der Waals surface area contributed by atoms with Gasteiger partial charge in [-0.3, -0.25) is 4.79 Å². The van der Waals surface area contributed by atoms with Crippen LogP contribution < -0.4 is 10.2 Å². The van der Waals surface area contributed by atoms with E-state index in [0.717, 1.165) is 24.3 Å². The fourth-order valence-electron chi connectivity index (χ4n) is 3.74. The fraction of sp³-hybridized carbons (Fsp3) is 0.190. The average Bonchev–Trinajstić information content (AvgIpc) is 3.50. The minimum Gasteiger partial charge on any atom is -0.353 e. The zero-order valence-electron chi connectivity index (χ0n) is 15.9. The Bertz CT molecular complexity index is 1240. The van der Waals surface area contributed by atoms with Crippen molar-refractivity contribution in [1.29, 1.82) is 0 Å². The van der Waals surface area contributed by atoms with Crippen molar-refractivity contribution >= 4 is 28.8 Å². The Morgan fingerprint density at radius 1 is 1.20 bits per heavy atom. The van der Waals surface area contributed by atoms with Crippen molar-refractivity contribution in [3.63, 3.8) is 0 Å². The molecule has 152 valence electrons. The van der Waals surface area contributed by atoms with Gasteiger partial charge < -0.3 is 14.6 Å². The summed E-state index contributed by atoms with van der Waals surface area (Å²) in [6.07, 6.45) is 8.12. The number of nitrogens with zero attached hydrogens (tertiary/aromatic N) is 5. The van der Waals surface area contributed by atoms with Gasteiger partial charge in [0.15, 0.2) is 11.5 Å². The maximum Gasteiger partial charge on any atom is 0.272 e. The first kappa shape index (κ1) is 18.6. The Morgan fingerprint density at radius 2 is 2.10 bits per heavy atom. The van der Waals surface area contributed by atoms with Gasteiger partial charge >= 0.3 is 0 Å². The third-order valence-corrected chi connectivity index (χ3v) is 5.55. The lowest BCUT2D eigenvalue weighted by Crippen LogP contribution is -2.37. The van der Waals surface area contributed by atoms with E-state index in [9.17, 15) is 9.18 Å². The number of aromatic nitrogens is 4. The molecule has 0 spiro atoms. The maximum atomic E-state index is 13.7. The Labute approximate surface area is 176 Å². The summed E-state index contributed by atoms with van der Waals surface area (Å²) in [5, 5.41) is 7.35. The molecule has 1 aliphatic rings. The number of hydrogen-bond acceptors (Lipinski definition) is 4. The number of anilines is 1. The first-order chi connectivity index (χ1) is 14.6. The van der Waals surface area contributed by atoms with E-state index >= 15 is 0 Å². The molecule has 1 atom stereocenters. The van der Waals surface area contributed by atoms with Crippen LogP contribution in [0.15, 0.2) is 61.2 Å². The SMILES string of the molecule is O=C(NC1CCN(c2nccn3cccc23)C1)c1ccn(-c2ccc(Cl)c(F)c2)n1. The molecule has 4 heterocycles. The van der Waals surface area contributed by atoms with Crippen LogP contribution in [0.4, 0.5) is 10.2 Å². The van der Waals surface area contributed by atoms with Gasteiger partial charge in [0, 0.05) is 50.0 Å². The summed E-state index contributed by atoms with van der Waals surface area (Å²) >= 11 is 5.72. The van der Waals surface area contributed by atoms with Crippen LogP contribution in [0.5, 0.6) is 0 Å². The van der Waals surface area contributed by atoms with Crippen LogP contribution in [0.25, 0.3) is 11.2 Å². The van der Waals surface area contributed by atoms with Gasteiger partial charge in [-0.2, -0.15) is 5.10 Å². The number of benzene rings is 1. The normalized spacial score (nSPS) is 16.3. The molecule has 5 rings (SSSR count). The summed E-state index contributed by atoms with van der Waals surface area (Å²) < 4.78 is 17.2. The van der Waals surface area contributed by atoms with Crippen molar-refractivity contribution in [1.82, 2.24) is 24.5 Å². The molecule has 1 aliphatic heterocycles. The highest BCUT2D eigenvalue weighted by Crippen LogP contribution is 2.23. The molecular formula is C21H18ClFN6O. The van der Waals surface area contributed by atoms with Crippen LogP contribution in [-0.4, -0.2) is 44.2 Å². The first-order valence-electron chi connectivity index (χ1n) is 9.57. The highest BCUT2D eigenvalue weighted by atomic mass is 35.5. The molecule has 9 heteroatoms. The average molecular weight is 425 g/mol. The summed E-state index contributed by atoms with van der Waals surface area (Å²) in [5.41, 5.74) is 1.81. The van der Waals surface area contributed by atoms with Crippen molar-refractivity contribution in [3.05, 3.63) is 77.7 Å². The van der Waals surface area contributed by atoms with E-state index in [1.807, 2.05) is 28.9 Å². The third kappa shape index (κ3) is 3.39. The van der Waals surface area contributed by atoms with Gasteiger partial charge in [-0.25, -0.2) is 14.1 Å². The van der Waals surface area contributed by atoms with Gasteiger partial charge in [0.1, 0.15) is 5.82 Å². The maximum absolute atomic E-state index is 13.7. The molecule has 1 fully saturated rings. The van der Waals surface area contributed by atoms with Gasteiger partial charge in [-0.05, 0) is 36.8 Å². The predicted molar refractivity (Wildman–Crippen MR) is 112 cm³/mol. The number of hydrogen-bond donors (Lipinski definition) is 1. The fourth-order valence-corrected chi connectivity index (χ4v) is 3.86. The first-order valence-corrected chi connectivity index (χ1v) is 9.95. The summed E-state index contributed by atoms with van der Waals surface area (Å²) in [6, 6.07) is 10.00. The van der Waals surface area contributed by atoms with Crippen LogP contribution in [0.2, 0.25) is 5.02 Å². The lowest BCUT2D eigenvalue weighted by atomic mass is 10.2. The van der Waals surface area contributed by atoms with Gasteiger partial charge in [0.25, 0.3) is 5.91 Å². The minimum atomic E-state index is -0.534. The zero-order chi connectivity index (χ0) is 20.7. The smallest absolute Gasteiger partial charge is 0.272 e. The molecule has 7 nitrogen and oxygen atoms in total. The number of carbonyl (C=O) groups excluding carboxylic acids is 1. The molecule has 1 saturated heterocycles. The van der Waals surface area contributed by atoms with Crippen molar-refractivity contribution in [2.24, 2.45) is 0 Å². The van der Waals surface area contributed by atoms with Crippen LogP contribution in [-0.2, 0) is 0 Å². The van der Waals surface area contributed by atoms with Crippen molar-refractivity contribution in [3.8, 4) is 5.69 Å². The van der Waals surface area contributed by atoms with Crippen molar-refractivity contribution in [2.75, 3.05) is 18.0 Å². The third-order valence-electron chi connectivity index (χ3n) is 5.24. The van der Waals surface area contributed by atoms with Crippen molar-refractivity contribution < 1.29 is 9.18 Å². The molecule has 4 aromatic rings. The second-order valence-corrected chi connectivity index (χ2v) is 7.61. The van der Waals surface area contributed by atoms with Crippen LogP contribution in [0, 0.1) is 5.82 Å².